The largest absolute Gasteiger partial charge is 0.369 e. The first-order chi connectivity index (χ1) is 7.50. The lowest BCUT2D eigenvalue weighted by molar-refractivity contribution is 0.471. The zero-order chi connectivity index (χ0) is 11.5. The summed E-state index contributed by atoms with van der Waals surface area (Å²) in [6.07, 6.45) is 2.56. The second-order valence-corrected chi connectivity index (χ2v) is 5.25. The SMILES string of the molecule is Cc1nn(C)c2c1nc(N)n2CC1(C)CC1. The van der Waals surface area contributed by atoms with Crippen LogP contribution in [0.5, 0.6) is 0 Å². The molecule has 0 unspecified atom stereocenters. The third-order valence-corrected chi connectivity index (χ3v) is 3.56. The lowest BCUT2D eigenvalue weighted by Crippen LogP contribution is -2.12. The minimum atomic E-state index is 0.417. The van der Waals surface area contributed by atoms with Gasteiger partial charge < -0.3 is 5.73 Å². The maximum absolute atomic E-state index is 5.98. The van der Waals surface area contributed by atoms with Crippen LogP contribution in [0, 0.1) is 12.3 Å². The first-order valence-corrected chi connectivity index (χ1v) is 5.65. The van der Waals surface area contributed by atoms with Crippen molar-refractivity contribution >= 4 is 17.1 Å². The molecule has 2 N–H and O–H groups in total. The molecule has 2 aromatic heterocycles. The number of aromatic nitrogens is 4. The van der Waals surface area contributed by atoms with Crippen LogP contribution in [0.1, 0.15) is 25.5 Å². The number of rotatable bonds is 2. The fraction of sp³-hybridized carbons (Fsp3) is 0.636. The molecule has 0 bridgehead atoms. The topological polar surface area (TPSA) is 61.7 Å². The molecule has 5 heteroatoms. The number of anilines is 1. The standard InChI is InChI=1S/C11H17N5/c1-7-8-9(15(3)14-7)16(10(12)13-8)6-11(2)4-5-11/h4-6H2,1-3H3,(H2,12,13). The van der Waals surface area contributed by atoms with Gasteiger partial charge in [0.1, 0.15) is 5.52 Å². The molecule has 16 heavy (non-hydrogen) atoms. The van der Waals surface area contributed by atoms with E-state index in [4.69, 9.17) is 5.73 Å². The van der Waals surface area contributed by atoms with E-state index in [0.29, 0.717) is 11.4 Å². The summed E-state index contributed by atoms with van der Waals surface area (Å²) in [4.78, 5) is 4.40. The molecule has 0 radical (unpaired) electrons. The van der Waals surface area contributed by atoms with E-state index in [1.54, 1.807) is 0 Å². The minimum absolute atomic E-state index is 0.417. The monoisotopic (exact) mass is 219 g/mol. The molecule has 0 amide bonds. The molecule has 3 rings (SSSR count). The summed E-state index contributed by atoms with van der Waals surface area (Å²) in [6, 6.07) is 0. The van der Waals surface area contributed by atoms with E-state index >= 15 is 0 Å². The number of hydrogen-bond donors (Lipinski definition) is 1. The minimum Gasteiger partial charge on any atom is -0.369 e. The number of nitrogens with zero attached hydrogens (tertiary/aromatic N) is 4. The Balaban J connectivity index is 2.18. The Hall–Kier alpha value is -1.52. The molecule has 0 saturated heterocycles. The fourth-order valence-corrected chi connectivity index (χ4v) is 2.26. The summed E-state index contributed by atoms with van der Waals surface area (Å²) in [5, 5.41) is 4.38. The van der Waals surface area contributed by atoms with Crippen molar-refractivity contribution in [2.75, 3.05) is 5.73 Å². The molecule has 1 aliphatic carbocycles. The van der Waals surface area contributed by atoms with E-state index in [0.717, 1.165) is 23.4 Å². The molecular formula is C11H17N5. The summed E-state index contributed by atoms with van der Waals surface area (Å²) >= 11 is 0. The van der Waals surface area contributed by atoms with Crippen LogP contribution in [-0.2, 0) is 13.6 Å². The molecular weight excluding hydrogens is 202 g/mol. The van der Waals surface area contributed by atoms with Crippen molar-refractivity contribution in [1.29, 1.82) is 0 Å². The molecule has 1 saturated carbocycles. The Morgan fingerprint density at radius 1 is 1.44 bits per heavy atom. The first kappa shape index (κ1) is 9.69. The first-order valence-electron chi connectivity index (χ1n) is 5.65. The lowest BCUT2D eigenvalue weighted by atomic mass is 10.1. The van der Waals surface area contributed by atoms with Crippen molar-refractivity contribution < 1.29 is 0 Å². The van der Waals surface area contributed by atoms with Gasteiger partial charge in [-0.25, -0.2) is 4.98 Å². The average Bonchev–Trinajstić information content (AvgIpc) is 2.74. The maximum Gasteiger partial charge on any atom is 0.202 e. The van der Waals surface area contributed by atoms with Crippen molar-refractivity contribution in [3.8, 4) is 0 Å². The van der Waals surface area contributed by atoms with E-state index in [2.05, 4.69) is 21.6 Å². The predicted octanol–water partition coefficient (Wildman–Crippen LogP) is 1.46. The second kappa shape index (κ2) is 2.78. The van der Waals surface area contributed by atoms with Gasteiger partial charge in [-0.1, -0.05) is 6.92 Å². The third-order valence-electron chi connectivity index (χ3n) is 3.56. The van der Waals surface area contributed by atoms with Gasteiger partial charge in [-0.3, -0.25) is 9.25 Å². The van der Waals surface area contributed by atoms with Crippen molar-refractivity contribution in [3.63, 3.8) is 0 Å². The highest BCUT2D eigenvalue weighted by Gasteiger charge is 2.38. The van der Waals surface area contributed by atoms with Crippen LogP contribution in [0.2, 0.25) is 0 Å². The molecule has 0 spiro atoms. The number of aryl methyl sites for hydroxylation is 2. The Kier molecular flexibility index (Phi) is 1.68. The summed E-state index contributed by atoms with van der Waals surface area (Å²) in [7, 11) is 1.95. The number of hydrogen-bond acceptors (Lipinski definition) is 3. The zero-order valence-corrected chi connectivity index (χ0v) is 9.99. The van der Waals surface area contributed by atoms with E-state index in [1.165, 1.54) is 12.8 Å². The van der Waals surface area contributed by atoms with Gasteiger partial charge >= 0.3 is 0 Å². The van der Waals surface area contributed by atoms with E-state index in [9.17, 15) is 0 Å². The summed E-state index contributed by atoms with van der Waals surface area (Å²) in [5.74, 6) is 0.610. The lowest BCUT2D eigenvalue weighted by Gasteiger charge is -2.11. The van der Waals surface area contributed by atoms with Crippen LogP contribution < -0.4 is 5.73 Å². The molecule has 0 aromatic carbocycles. The molecule has 5 nitrogen and oxygen atoms in total. The average molecular weight is 219 g/mol. The van der Waals surface area contributed by atoms with Crippen LogP contribution in [-0.4, -0.2) is 19.3 Å². The van der Waals surface area contributed by atoms with Gasteiger partial charge in [-0.15, -0.1) is 0 Å². The maximum atomic E-state index is 5.98. The number of fused-ring (bicyclic) bond motifs is 1. The Morgan fingerprint density at radius 2 is 2.12 bits per heavy atom. The highest BCUT2D eigenvalue weighted by molar-refractivity contribution is 5.77. The zero-order valence-electron chi connectivity index (χ0n) is 9.99. The summed E-state index contributed by atoms with van der Waals surface area (Å²) in [5.41, 5.74) is 9.32. The van der Waals surface area contributed by atoms with Crippen LogP contribution in [0.4, 0.5) is 5.95 Å². The van der Waals surface area contributed by atoms with Gasteiger partial charge in [0.25, 0.3) is 0 Å². The highest BCUT2D eigenvalue weighted by Crippen LogP contribution is 2.47. The van der Waals surface area contributed by atoms with Gasteiger partial charge in [-0.05, 0) is 25.2 Å². The van der Waals surface area contributed by atoms with Gasteiger partial charge in [0, 0.05) is 13.6 Å². The fourth-order valence-electron chi connectivity index (χ4n) is 2.26. The van der Waals surface area contributed by atoms with Crippen LogP contribution >= 0.6 is 0 Å². The van der Waals surface area contributed by atoms with Gasteiger partial charge in [-0.2, -0.15) is 5.10 Å². The van der Waals surface area contributed by atoms with E-state index in [1.807, 2.05) is 18.7 Å². The third kappa shape index (κ3) is 1.24. The van der Waals surface area contributed by atoms with Gasteiger partial charge in [0.2, 0.25) is 5.95 Å². The molecule has 0 atom stereocenters. The molecule has 0 aliphatic heterocycles. The van der Waals surface area contributed by atoms with E-state index < -0.39 is 0 Å². The highest BCUT2D eigenvalue weighted by atomic mass is 15.3. The number of nitrogens with two attached hydrogens (primary N) is 1. The van der Waals surface area contributed by atoms with Crippen molar-refractivity contribution in [2.45, 2.75) is 33.2 Å². The van der Waals surface area contributed by atoms with Crippen molar-refractivity contribution in [2.24, 2.45) is 12.5 Å². The van der Waals surface area contributed by atoms with Crippen molar-refractivity contribution in [3.05, 3.63) is 5.69 Å². The van der Waals surface area contributed by atoms with Crippen LogP contribution in [0.15, 0.2) is 0 Å². The number of nitrogen functional groups attached to an aromatic ring is 1. The van der Waals surface area contributed by atoms with Crippen LogP contribution in [0.25, 0.3) is 11.2 Å². The Bertz CT molecular complexity index is 558. The smallest absolute Gasteiger partial charge is 0.202 e. The Morgan fingerprint density at radius 3 is 2.75 bits per heavy atom. The normalized spacial score (nSPS) is 18.2. The molecule has 2 aromatic rings. The Labute approximate surface area is 94.2 Å². The van der Waals surface area contributed by atoms with Crippen LogP contribution in [0.3, 0.4) is 0 Å². The second-order valence-electron chi connectivity index (χ2n) is 5.25. The summed E-state index contributed by atoms with van der Waals surface area (Å²) in [6.45, 7) is 5.22. The van der Waals surface area contributed by atoms with Crippen molar-refractivity contribution in [1.82, 2.24) is 19.3 Å². The van der Waals surface area contributed by atoms with Gasteiger partial charge in [0.15, 0.2) is 5.65 Å². The molecule has 86 valence electrons. The number of imidazole rings is 1. The quantitative estimate of drug-likeness (QED) is 0.831. The molecule has 1 fully saturated rings. The summed E-state index contributed by atoms with van der Waals surface area (Å²) < 4.78 is 3.97. The predicted molar refractivity (Wildman–Crippen MR) is 63.0 cm³/mol. The molecule has 2 heterocycles. The molecule has 1 aliphatic rings. The van der Waals surface area contributed by atoms with E-state index in [-0.39, 0.29) is 0 Å². The van der Waals surface area contributed by atoms with Gasteiger partial charge in [0.05, 0.1) is 5.69 Å².